The van der Waals surface area contributed by atoms with Gasteiger partial charge in [0.1, 0.15) is 0 Å². The first-order valence-electron chi connectivity index (χ1n) is 12.1. The van der Waals surface area contributed by atoms with Crippen LogP contribution in [0.15, 0.2) is 0 Å². The van der Waals surface area contributed by atoms with Crippen LogP contribution < -0.4 is 0 Å². The molecule has 1 fully saturated rings. The van der Waals surface area contributed by atoms with E-state index in [4.69, 9.17) is 4.74 Å². The van der Waals surface area contributed by atoms with Crippen molar-refractivity contribution < 1.29 is 4.74 Å². The van der Waals surface area contributed by atoms with Crippen molar-refractivity contribution >= 4 is 15.4 Å². The zero-order valence-corrected chi connectivity index (χ0v) is 21.3. The molecule has 1 atom stereocenters. The Hall–Kier alpha value is 0.607. The van der Waals surface area contributed by atoms with Gasteiger partial charge in [0.15, 0.2) is 0 Å². The molecule has 0 spiro atoms. The second-order valence-corrected chi connectivity index (χ2v) is 19.8. The number of ether oxygens (including phenoxy) is 1. The molecule has 0 N–H and O–H groups in total. The Kier molecular flexibility index (Phi) is 11.0. The van der Waals surface area contributed by atoms with Crippen LogP contribution in [0.3, 0.4) is 0 Å². The molecule has 1 rings (SSSR count). The van der Waals surface area contributed by atoms with E-state index in [1.807, 2.05) is 0 Å². The molecule has 26 heavy (non-hydrogen) atoms. The SMILES string of the molecule is CCCCP(CCCC)(CCCC)(CCCC)C1([SiH](C)C)CCCCO1. The van der Waals surface area contributed by atoms with Gasteiger partial charge in [0.2, 0.25) is 0 Å². The van der Waals surface area contributed by atoms with Crippen LogP contribution in [0.1, 0.15) is 98.3 Å². The van der Waals surface area contributed by atoms with E-state index in [-0.39, 0.29) is 0 Å². The Balaban J connectivity index is 3.56. The predicted octanol–water partition coefficient (Wildman–Crippen LogP) is 7.66. The van der Waals surface area contributed by atoms with Crippen molar-refractivity contribution in [3.05, 3.63) is 0 Å². The van der Waals surface area contributed by atoms with Gasteiger partial charge in [0.25, 0.3) is 0 Å². The predicted molar refractivity (Wildman–Crippen MR) is 127 cm³/mol. The quantitative estimate of drug-likeness (QED) is 0.214. The molecule has 0 aromatic carbocycles. The minimum atomic E-state index is -1.91. The minimum absolute atomic E-state index is 0.360. The molecule has 0 amide bonds. The molecule has 0 bridgehead atoms. The first-order valence-corrected chi connectivity index (χ1v) is 18.0. The molecule has 1 heterocycles. The Labute approximate surface area is 168 Å². The van der Waals surface area contributed by atoms with E-state index in [0.29, 0.717) is 4.97 Å². The summed E-state index contributed by atoms with van der Waals surface area (Å²) in [6, 6.07) is 0. The maximum absolute atomic E-state index is 7.10. The zero-order chi connectivity index (χ0) is 19.5. The van der Waals surface area contributed by atoms with E-state index in [1.54, 1.807) is 24.6 Å². The molecule has 0 aliphatic carbocycles. The summed E-state index contributed by atoms with van der Waals surface area (Å²) >= 11 is 0. The van der Waals surface area contributed by atoms with E-state index >= 15 is 0 Å². The molecular weight excluding hydrogens is 351 g/mol. The van der Waals surface area contributed by atoms with Gasteiger partial charge in [-0.2, -0.15) is 0 Å². The molecule has 0 saturated carbocycles. The Morgan fingerprint density at radius 2 is 1.15 bits per heavy atom. The van der Waals surface area contributed by atoms with Crippen molar-refractivity contribution in [3.63, 3.8) is 0 Å². The summed E-state index contributed by atoms with van der Waals surface area (Å²) in [5, 5.41) is 0. The van der Waals surface area contributed by atoms with Crippen molar-refractivity contribution in [1.29, 1.82) is 0 Å². The van der Waals surface area contributed by atoms with Gasteiger partial charge in [0, 0.05) is 0 Å². The van der Waals surface area contributed by atoms with Crippen molar-refractivity contribution in [2.24, 2.45) is 0 Å². The summed E-state index contributed by atoms with van der Waals surface area (Å²) in [5.41, 5.74) is 0. The Morgan fingerprint density at radius 3 is 1.42 bits per heavy atom. The van der Waals surface area contributed by atoms with E-state index in [1.165, 1.54) is 70.6 Å². The number of hydrogen-bond acceptors (Lipinski definition) is 1. The van der Waals surface area contributed by atoms with Gasteiger partial charge in [-0.15, -0.1) is 0 Å². The third kappa shape index (κ3) is 4.96. The van der Waals surface area contributed by atoms with Crippen molar-refractivity contribution in [1.82, 2.24) is 0 Å². The first-order chi connectivity index (χ1) is 12.5. The van der Waals surface area contributed by atoms with Gasteiger partial charge in [-0.05, 0) is 0 Å². The van der Waals surface area contributed by atoms with Crippen LogP contribution in [0.4, 0.5) is 0 Å². The fourth-order valence-electron chi connectivity index (χ4n) is 6.20. The number of unbranched alkanes of at least 4 members (excludes halogenated alkanes) is 4. The Morgan fingerprint density at radius 1 is 0.731 bits per heavy atom. The zero-order valence-electron chi connectivity index (χ0n) is 19.2. The fraction of sp³-hybridized carbons (Fsp3) is 1.00. The second kappa shape index (κ2) is 11.6. The topological polar surface area (TPSA) is 9.23 Å². The molecular formula is C23H51OPSi. The third-order valence-corrected chi connectivity index (χ3v) is 22.1. The Bertz CT molecular complexity index is 333. The van der Waals surface area contributed by atoms with Crippen LogP contribution in [0.25, 0.3) is 0 Å². The molecule has 1 aliphatic heterocycles. The average Bonchev–Trinajstić information content (AvgIpc) is 2.67. The van der Waals surface area contributed by atoms with Crippen molar-refractivity contribution in [2.45, 2.75) is 116 Å². The maximum atomic E-state index is 7.10. The molecule has 0 aromatic heterocycles. The standard InChI is InChI=1S/C23H51OPSi/c1-7-11-19-25(20-12-8-2,21-13-9-3,22-14-10-4)23(26(5)6)17-15-16-18-24-23/h26H,7-22H2,1-6H3. The summed E-state index contributed by atoms with van der Waals surface area (Å²) in [7, 11) is -0.915. The molecule has 1 saturated heterocycles. The third-order valence-electron chi connectivity index (χ3n) is 7.65. The molecule has 0 aromatic rings. The van der Waals surface area contributed by atoms with E-state index in [0.717, 1.165) is 6.61 Å². The van der Waals surface area contributed by atoms with Crippen LogP contribution >= 0.6 is 6.60 Å². The normalized spacial score (nSPS) is 23.1. The summed E-state index contributed by atoms with van der Waals surface area (Å²) in [5.74, 6) is 0. The second-order valence-electron chi connectivity index (χ2n) is 9.59. The average molecular weight is 403 g/mol. The van der Waals surface area contributed by atoms with Crippen LogP contribution in [-0.4, -0.2) is 45.0 Å². The van der Waals surface area contributed by atoms with Gasteiger partial charge in [-0.3, -0.25) is 0 Å². The molecule has 1 aliphatic rings. The van der Waals surface area contributed by atoms with E-state index in [9.17, 15) is 0 Å². The summed E-state index contributed by atoms with van der Waals surface area (Å²) < 4.78 is 7.10. The molecule has 3 heteroatoms. The summed E-state index contributed by atoms with van der Waals surface area (Å²) in [4.78, 5) is 0.360. The first kappa shape index (κ1) is 24.6. The van der Waals surface area contributed by atoms with Crippen LogP contribution in [0.5, 0.6) is 0 Å². The van der Waals surface area contributed by atoms with Gasteiger partial charge >= 0.3 is 168 Å². The van der Waals surface area contributed by atoms with Crippen LogP contribution in [-0.2, 0) is 4.74 Å². The van der Waals surface area contributed by atoms with Crippen LogP contribution in [0, 0.1) is 0 Å². The summed E-state index contributed by atoms with van der Waals surface area (Å²) in [6.45, 7) is 14.1. The number of hydrogen-bond donors (Lipinski definition) is 0. The molecule has 1 nitrogen and oxygen atoms in total. The van der Waals surface area contributed by atoms with E-state index < -0.39 is 15.4 Å². The fourth-order valence-corrected chi connectivity index (χ4v) is 23.5. The molecule has 0 radical (unpaired) electrons. The van der Waals surface area contributed by atoms with Gasteiger partial charge in [-0.25, -0.2) is 0 Å². The van der Waals surface area contributed by atoms with Crippen molar-refractivity contribution in [3.8, 4) is 0 Å². The monoisotopic (exact) mass is 402 g/mol. The van der Waals surface area contributed by atoms with Crippen molar-refractivity contribution in [2.75, 3.05) is 31.3 Å². The van der Waals surface area contributed by atoms with Gasteiger partial charge in [-0.1, -0.05) is 0 Å². The summed E-state index contributed by atoms with van der Waals surface area (Å²) in [6.07, 6.45) is 21.6. The van der Waals surface area contributed by atoms with Gasteiger partial charge in [0.05, 0.1) is 0 Å². The van der Waals surface area contributed by atoms with E-state index in [2.05, 4.69) is 40.8 Å². The molecule has 1 unspecified atom stereocenters. The molecule has 158 valence electrons. The van der Waals surface area contributed by atoms with Gasteiger partial charge < -0.3 is 0 Å². The number of rotatable bonds is 14. The van der Waals surface area contributed by atoms with Crippen LogP contribution in [0.2, 0.25) is 13.1 Å².